The van der Waals surface area contributed by atoms with Gasteiger partial charge in [0, 0.05) is 0 Å². The summed E-state index contributed by atoms with van der Waals surface area (Å²) in [6, 6.07) is 10.5. The summed E-state index contributed by atoms with van der Waals surface area (Å²) < 4.78 is 21.3. The van der Waals surface area contributed by atoms with Gasteiger partial charge in [0.1, 0.15) is 5.75 Å². The number of carbonyl (C=O) groups is 2. The lowest BCUT2D eigenvalue weighted by molar-refractivity contribution is -0.145. The van der Waals surface area contributed by atoms with E-state index in [9.17, 15) is 9.59 Å². The molecule has 0 aliphatic carbocycles. The van der Waals surface area contributed by atoms with Crippen LogP contribution in [0.1, 0.15) is 31.9 Å². The summed E-state index contributed by atoms with van der Waals surface area (Å²) in [7, 11) is 0. The standard InChI is InChI=1S/C23H27ClN2O6/c1-4-29-18-9-7-16(8-10-18)13-21(27)26-25-14-17-11-19(24)23(20(12-17)30-5-2)32-15-22(28)31-6-3/h7-12,14H,4-6,13,15H2,1-3H3,(H,26,27)/b25-14-. The number of nitrogens with one attached hydrogen (secondary N) is 1. The summed E-state index contributed by atoms with van der Waals surface area (Å²) >= 11 is 6.30. The Balaban J connectivity index is 1.99. The van der Waals surface area contributed by atoms with Crippen molar-refractivity contribution in [3.8, 4) is 17.2 Å². The second-order valence-electron chi connectivity index (χ2n) is 6.40. The Morgan fingerprint density at radius 3 is 2.38 bits per heavy atom. The van der Waals surface area contributed by atoms with Crippen LogP contribution in [0.5, 0.6) is 17.2 Å². The van der Waals surface area contributed by atoms with Crippen molar-refractivity contribution in [3.05, 3.63) is 52.5 Å². The predicted octanol–water partition coefficient (Wildman–Crippen LogP) is 3.77. The lowest BCUT2D eigenvalue weighted by Crippen LogP contribution is -2.19. The van der Waals surface area contributed by atoms with Crippen molar-refractivity contribution in [1.82, 2.24) is 5.43 Å². The topological polar surface area (TPSA) is 95.5 Å². The van der Waals surface area contributed by atoms with E-state index in [0.717, 1.165) is 11.3 Å². The number of nitrogens with zero attached hydrogens (tertiary/aromatic N) is 1. The molecule has 0 heterocycles. The zero-order chi connectivity index (χ0) is 23.3. The van der Waals surface area contributed by atoms with E-state index in [1.807, 2.05) is 38.1 Å². The first-order valence-corrected chi connectivity index (χ1v) is 10.6. The van der Waals surface area contributed by atoms with E-state index in [4.69, 9.17) is 30.5 Å². The van der Waals surface area contributed by atoms with Crippen molar-refractivity contribution < 1.29 is 28.5 Å². The molecule has 172 valence electrons. The molecule has 8 nitrogen and oxygen atoms in total. The average molecular weight is 463 g/mol. The maximum atomic E-state index is 12.1. The van der Waals surface area contributed by atoms with Crippen LogP contribution in [0.25, 0.3) is 0 Å². The van der Waals surface area contributed by atoms with Crippen LogP contribution >= 0.6 is 11.6 Å². The van der Waals surface area contributed by atoms with Gasteiger partial charge in [0.2, 0.25) is 5.91 Å². The molecule has 0 bridgehead atoms. The van der Waals surface area contributed by atoms with Gasteiger partial charge in [-0.15, -0.1) is 0 Å². The number of benzene rings is 2. The minimum Gasteiger partial charge on any atom is -0.494 e. The number of carbonyl (C=O) groups excluding carboxylic acids is 2. The highest BCUT2D eigenvalue weighted by Crippen LogP contribution is 2.36. The van der Waals surface area contributed by atoms with Crippen LogP contribution in [-0.2, 0) is 20.7 Å². The minimum absolute atomic E-state index is 0.176. The fraction of sp³-hybridized carbons (Fsp3) is 0.348. The third-order valence-corrected chi connectivity index (χ3v) is 4.25. The number of esters is 1. The van der Waals surface area contributed by atoms with Gasteiger partial charge in [-0.05, 0) is 56.2 Å². The van der Waals surface area contributed by atoms with Crippen LogP contribution in [0.15, 0.2) is 41.5 Å². The van der Waals surface area contributed by atoms with Gasteiger partial charge < -0.3 is 18.9 Å². The predicted molar refractivity (Wildman–Crippen MR) is 122 cm³/mol. The van der Waals surface area contributed by atoms with Gasteiger partial charge in [-0.3, -0.25) is 4.79 Å². The molecule has 32 heavy (non-hydrogen) atoms. The largest absolute Gasteiger partial charge is 0.494 e. The maximum Gasteiger partial charge on any atom is 0.344 e. The number of hydrogen-bond donors (Lipinski definition) is 1. The van der Waals surface area contributed by atoms with Gasteiger partial charge in [0.05, 0.1) is 37.5 Å². The molecular weight excluding hydrogens is 436 g/mol. The van der Waals surface area contributed by atoms with Gasteiger partial charge in [0.15, 0.2) is 18.1 Å². The Bertz CT molecular complexity index is 931. The molecule has 0 aliphatic heterocycles. The summed E-state index contributed by atoms with van der Waals surface area (Å²) in [5.74, 6) is 0.568. The van der Waals surface area contributed by atoms with E-state index in [1.165, 1.54) is 6.21 Å². The number of hydrogen-bond acceptors (Lipinski definition) is 7. The second kappa shape index (κ2) is 13.2. The fourth-order valence-electron chi connectivity index (χ4n) is 2.67. The van der Waals surface area contributed by atoms with Crippen LogP contribution in [0.2, 0.25) is 5.02 Å². The molecule has 0 unspecified atom stereocenters. The molecule has 9 heteroatoms. The zero-order valence-electron chi connectivity index (χ0n) is 18.4. The molecule has 0 saturated heterocycles. The number of ether oxygens (including phenoxy) is 4. The highest BCUT2D eigenvalue weighted by Gasteiger charge is 2.14. The third-order valence-electron chi connectivity index (χ3n) is 3.97. The lowest BCUT2D eigenvalue weighted by Gasteiger charge is -2.14. The van der Waals surface area contributed by atoms with Gasteiger partial charge in [-0.1, -0.05) is 23.7 Å². The molecule has 0 aromatic heterocycles. The van der Waals surface area contributed by atoms with Crippen molar-refractivity contribution in [2.24, 2.45) is 5.10 Å². The maximum absolute atomic E-state index is 12.1. The average Bonchev–Trinajstić information content (AvgIpc) is 2.75. The molecule has 0 fully saturated rings. The van der Waals surface area contributed by atoms with Gasteiger partial charge in [-0.25, -0.2) is 10.2 Å². The third kappa shape index (κ3) is 8.11. The molecule has 0 radical (unpaired) electrons. The van der Waals surface area contributed by atoms with Crippen LogP contribution in [0, 0.1) is 0 Å². The minimum atomic E-state index is -0.508. The molecule has 0 spiro atoms. The summed E-state index contributed by atoms with van der Waals surface area (Å²) in [5.41, 5.74) is 3.91. The van der Waals surface area contributed by atoms with Gasteiger partial charge >= 0.3 is 5.97 Å². The first-order chi connectivity index (χ1) is 15.5. The molecule has 0 saturated carbocycles. The van der Waals surface area contributed by atoms with E-state index >= 15 is 0 Å². The van der Waals surface area contributed by atoms with Crippen molar-refractivity contribution in [2.75, 3.05) is 26.4 Å². The summed E-state index contributed by atoms with van der Waals surface area (Å²) in [5, 5.41) is 4.22. The van der Waals surface area contributed by atoms with Crippen LogP contribution in [0.4, 0.5) is 0 Å². The molecular formula is C23H27ClN2O6. The first-order valence-electron chi connectivity index (χ1n) is 10.2. The van der Waals surface area contributed by atoms with E-state index in [-0.39, 0.29) is 36.3 Å². The smallest absolute Gasteiger partial charge is 0.344 e. The Morgan fingerprint density at radius 2 is 1.72 bits per heavy atom. The molecule has 2 rings (SSSR count). The van der Waals surface area contributed by atoms with Gasteiger partial charge in [0.25, 0.3) is 0 Å². The van der Waals surface area contributed by atoms with Gasteiger partial charge in [-0.2, -0.15) is 5.10 Å². The number of amides is 1. The SMILES string of the molecule is CCOC(=O)COc1c(Cl)cc(/C=N\NC(=O)Cc2ccc(OCC)cc2)cc1OCC. The number of halogens is 1. The molecule has 2 aromatic carbocycles. The van der Waals surface area contributed by atoms with Crippen molar-refractivity contribution in [3.63, 3.8) is 0 Å². The van der Waals surface area contributed by atoms with E-state index < -0.39 is 5.97 Å². The first kappa shape index (κ1) is 25.0. The quantitative estimate of drug-likeness (QED) is 0.293. The number of rotatable bonds is 12. The fourth-order valence-corrected chi connectivity index (χ4v) is 2.95. The Kier molecular flexibility index (Phi) is 10.3. The van der Waals surface area contributed by atoms with Crippen molar-refractivity contribution >= 4 is 29.7 Å². The molecule has 2 aromatic rings. The van der Waals surface area contributed by atoms with Crippen molar-refractivity contribution in [1.29, 1.82) is 0 Å². The highest BCUT2D eigenvalue weighted by molar-refractivity contribution is 6.32. The Hall–Kier alpha value is -3.26. The highest BCUT2D eigenvalue weighted by atomic mass is 35.5. The summed E-state index contributed by atoms with van der Waals surface area (Å²) in [4.78, 5) is 23.7. The van der Waals surface area contributed by atoms with E-state index in [1.54, 1.807) is 19.1 Å². The van der Waals surface area contributed by atoms with Crippen LogP contribution < -0.4 is 19.6 Å². The summed E-state index contributed by atoms with van der Waals surface area (Å²) in [6.45, 7) is 6.35. The summed E-state index contributed by atoms with van der Waals surface area (Å²) in [6.07, 6.45) is 1.62. The Labute approximate surface area is 192 Å². The molecule has 1 amide bonds. The van der Waals surface area contributed by atoms with E-state index in [0.29, 0.717) is 24.5 Å². The van der Waals surface area contributed by atoms with Crippen LogP contribution in [-0.4, -0.2) is 44.5 Å². The van der Waals surface area contributed by atoms with Crippen molar-refractivity contribution in [2.45, 2.75) is 27.2 Å². The monoisotopic (exact) mass is 462 g/mol. The second-order valence-corrected chi connectivity index (χ2v) is 6.81. The molecule has 0 aliphatic rings. The molecule has 1 N–H and O–H groups in total. The van der Waals surface area contributed by atoms with E-state index in [2.05, 4.69) is 10.5 Å². The molecule has 0 atom stereocenters. The zero-order valence-corrected chi connectivity index (χ0v) is 19.1. The lowest BCUT2D eigenvalue weighted by atomic mass is 10.1. The number of hydrazone groups is 1. The normalized spacial score (nSPS) is 10.6. The van der Waals surface area contributed by atoms with Crippen LogP contribution in [0.3, 0.4) is 0 Å². The Morgan fingerprint density at radius 1 is 1.00 bits per heavy atom.